The fourth-order valence-electron chi connectivity index (χ4n) is 2.10. The van der Waals surface area contributed by atoms with E-state index in [-0.39, 0.29) is 0 Å². The molecule has 0 fully saturated rings. The lowest BCUT2D eigenvalue weighted by molar-refractivity contribution is 0.491. The fraction of sp³-hybridized carbons (Fsp3) is 0.438. The van der Waals surface area contributed by atoms with E-state index in [2.05, 4.69) is 58.3 Å². The van der Waals surface area contributed by atoms with Gasteiger partial charge < -0.3 is 9.73 Å². The van der Waals surface area contributed by atoms with E-state index < -0.39 is 0 Å². The average molecular weight is 337 g/mol. The molecule has 0 aliphatic rings. The van der Waals surface area contributed by atoms with Crippen molar-refractivity contribution in [1.29, 1.82) is 0 Å². The van der Waals surface area contributed by atoms with Crippen LogP contribution in [0.2, 0.25) is 0 Å². The van der Waals surface area contributed by atoms with Gasteiger partial charge in [-0.1, -0.05) is 22.9 Å². The van der Waals surface area contributed by atoms with Crippen LogP contribution in [0.15, 0.2) is 33.3 Å². The van der Waals surface area contributed by atoms with Crippen LogP contribution in [-0.4, -0.2) is 18.1 Å². The summed E-state index contributed by atoms with van der Waals surface area (Å²) in [5, 5.41) is 3.38. The SMILES string of the molecule is CCCNCCCc1ncc(-c2cc(C)cc(Br)c2)o1. The molecule has 0 radical (unpaired) electrons. The summed E-state index contributed by atoms with van der Waals surface area (Å²) >= 11 is 3.51. The third kappa shape index (κ3) is 4.46. The summed E-state index contributed by atoms with van der Waals surface area (Å²) in [5.41, 5.74) is 2.27. The standard InChI is InChI=1S/C16H21BrN2O/c1-3-6-18-7-4-5-16-19-11-15(20-16)13-8-12(2)9-14(17)10-13/h8-11,18H,3-7H2,1-2H3. The Bertz CT molecular complexity index is 531. The zero-order chi connectivity index (χ0) is 14.4. The van der Waals surface area contributed by atoms with E-state index >= 15 is 0 Å². The summed E-state index contributed by atoms with van der Waals surface area (Å²) in [4.78, 5) is 4.36. The van der Waals surface area contributed by atoms with E-state index in [0.29, 0.717) is 0 Å². The van der Waals surface area contributed by atoms with Crippen molar-refractivity contribution in [1.82, 2.24) is 10.3 Å². The molecular weight excluding hydrogens is 316 g/mol. The van der Waals surface area contributed by atoms with Gasteiger partial charge in [0.2, 0.25) is 0 Å². The maximum absolute atomic E-state index is 5.83. The molecule has 0 aliphatic heterocycles. The number of nitrogens with zero attached hydrogens (tertiary/aromatic N) is 1. The first-order chi connectivity index (χ1) is 9.69. The Morgan fingerprint density at radius 3 is 2.85 bits per heavy atom. The topological polar surface area (TPSA) is 38.1 Å². The van der Waals surface area contributed by atoms with E-state index in [9.17, 15) is 0 Å². The van der Waals surface area contributed by atoms with Gasteiger partial charge in [-0.2, -0.15) is 0 Å². The minimum atomic E-state index is 0.816. The molecule has 20 heavy (non-hydrogen) atoms. The molecule has 1 N–H and O–H groups in total. The number of aryl methyl sites for hydroxylation is 2. The summed E-state index contributed by atoms with van der Waals surface area (Å²) in [7, 11) is 0. The van der Waals surface area contributed by atoms with Crippen LogP contribution in [0.4, 0.5) is 0 Å². The van der Waals surface area contributed by atoms with Gasteiger partial charge in [-0.05, 0) is 56.6 Å². The lowest BCUT2D eigenvalue weighted by atomic mass is 10.1. The highest BCUT2D eigenvalue weighted by Crippen LogP contribution is 2.25. The van der Waals surface area contributed by atoms with Gasteiger partial charge in [0.1, 0.15) is 0 Å². The highest BCUT2D eigenvalue weighted by Gasteiger charge is 2.07. The first-order valence-corrected chi connectivity index (χ1v) is 7.91. The van der Waals surface area contributed by atoms with Gasteiger partial charge in [0.05, 0.1) is 6.20 Å². The summed E-state index contributed by atoms with van der Waals surface area (Å²) in [6, 6.07) is 6.25. The first kappa shape index (κ1) is 15.3. The zero-order valence-electron chi connectivity index (χ0n) is 12.1. The van der Waals surface area contributed by atoms with Gasteiger partial charge >= 0.3 is 0 Å². The smallest absolute Gasteiger partial charge is 0.194 e. The summed E-state index contributed by atoms with van der Waals surface area (Å²) < 4.78 is 6.89. The van der Waals surface area contributed by atoms with Crippen molar-refractivity contribution in [3.63, 3.8) is 0 Å². The second-order valence-electron chi connectivity index (χ2n) is 4.99. The van der Waals surface area contributed by atoms with Crippen molar-refractivity contribution in [3.05, 3.63) is 40.3 Å². The monoisotopic (exact) mass is 336 g/mol. The van der Waals surface area contributed by atoms with E-state index in [4.69, 9.17) is 4.42 Å². The second-order valence-corrected chi connectivity index (χ2v) is 5.90. The molecule has 0 saturated heterocycles. The molecule has 0 atom stereocenters. The van der Waals surface area contributed by atoms with Crippen LogP contribution in [-0.2, 0) is 6.42 Å². The van der Waals surface area contributed by atoms with Gasteiger partial charge in [-0.15, -0.1) is 0 Å². The van der Waals surface area contributed by atoms with Crippen molar-refractivity contribution in [3.8, 4) is 11.3 Å². The van der Waals surface area contributed by atoms with Crippen molar-refractivity contribution in [2.75, 3.05) is 13.1 Å². The first-order valence-electron chi connectivity index (χ1n) is 7.12. The molecule has 1 aromatic heterocycles. The second kappa shape index (κ2) is 7.60. The van der Waals surface area contributed by atoms with Crippen LogP contribution in [0, 0.1) is 6.92 Å². The van der Waals surface area contributed by atoms with Crippen LogP contribution in [0.3, 0.4) is 0 Å². The Balaban J connectivity index is 1.94. The minimum Gasteiger partial charge on any atom is -0.441 e. The summed E-state index contributed by atoms with van der Waals surface area (Å²) in [6.45, 7) is 6.34. The van der Waals surface area contributed by atoms with Gasteiger partial charge in [-0.3, -0.25) is 0 Å². The van der Waals surface area contributed by atoms with Crippen LogP contribution < -0.4 is 5.32 Å². The quantitative estimate of drug-likeness (QED) is 0.764. The molecule has 2 rings (SSSR count). The molecule has 2 aromatic rings. The fourth-order valence-corrected chi connectivity index (χ4v) is 2.71. The Labute approximate surface area is 128 Å². The zero-order valence-corrected chi connectivity index (χ0v) is 13.7. The summed E-state index contributed by atoms with van der Waals surface area (Å²) in [6.07, 6.45) is 4.92. The van der Waals surface area contributed by atoms with E-state index in [0.717, 1.165) is 47.6 Å². The predicted octanol–water partition coefficient (Wildman–Crippen LogP) is 4.34. The van der Waals surface area contributed by atoms with Crippen LogP contribution in [0.1, 0.15) is 31.2 Å². The molecule has 4 heteroatoms. The summed E-state index contributed by atoms with van der Waals surface area (Å²) in [5.74, 6) is 1.65. The largest absolute Gasteiger partial charge is 0.441 e. The molecule has 0 amide bonds. The molecule has 0 spiro atoms. The number of oxazole rings is 1. The molecular formula is C16H21BrN2O. The number of hydrogen-bond donors (Lipinski definition) is 1. The van der Waals surface area contributed by atoms with Crippen molar-refractivity contribution in [2.45, 2.75) is 33.1 Å². The van der Waals surface area contributed by atoms with Crippen LogP contribution in [0.25, 0.3) is 11.3 Å². The lowest BCUT2D eigenvalue weighted by Gasteiger charge is -2.01. The molecule has 1 heterocycles. The van der Waals surface area contributed by atoms with Gasteiger partial charge in [0, 0.05) is 16.5 Å². The number of hydrogen-bond acceptors (Lipinski definition) is 3. The normalized spacial score (nSPS) is 10.9. The van der Waals surface area contributed by atoms with Crippen LogP contribution >= 0.6 is 15.9 Å². The molecule has 1 aromatic carbocycles. The number of rotatable bonds is 7. The molecule has 0 saturated carbocycles. The van der Waals surface area contributed by atoms with E-state index in [1.54, 1.807) is 0 Å². The Morgan fingerprint density at radius 2 is 2.10 bits per heavy atom. The predicted molar refractivity (Wildman–Crippen MR) is 85.9 cm³/mol. The van der Waals surface area contributed by atoms with Gasteiger partial charge in [-0.25, -0.2) is 4.98 Å². The number of aromatic nitrogens is 1. The van der Waals surface area contributed by atoms with Crippen LogP contribution in [0.5, 0.6) is 0 Å². The molecule has 0 bridgehead atoms. The maximum atomic E-state index is 5.83. The number of halogens is 1. The molecule has 3 nitrogen and oxygen atoms in total. The highest BCUT2D eigenvalue weighted by molar-refractivity contribution is 9.10. The Kier molecular flexibility index (Phi) is 5.80. The average Bonchev–Trinajstić information content (AvgIpc) is 2.86. The Hall–Kier alpha value is -1.13. The third-order valence-corrected chi connectivity index (χ3v) is 3.51. The molecule has 0 aliphatic carbocycles. The maximum Gasteiger partial charge on any atom is 0.194 e. The van der Waals surface area contributed by atoms with Gasteiger partial charge in [0.25, 0.3) is 0 Å². The lowest BCUT2D eigenvalue weighted by Crippen LogP contribution is -2.16. The molecule has 0 unspecified atom stereocenters. The molecule has 108 valence electrons. The van der Waals surface area contributed by atoms with Gasteiger partial charge in [0.15, 0.2) is 11.7 Å². The number of nitrogens with one attached hydrogen (secondary N) is 1. The third-order valence-electron chi connectivity index (χ3n) is 3.05. The van der Waals surface area contributed by atoms with E-state index in [1.165, 1.54) is 12.0 Å². The van der Waals surface area contributed by atoms with E-state index in [1.807, 2.05) is 6.20 Å². The van der Waals surface area contributed by atoms with Crippen molar-refractivity contribution in [2.24, 2.45) is 0 Å². The Morgan fingerprint density at radius 1 is 1.25 bits per heavy atom. The minimum absolute atomic E-state index is 0.816. The van der Waals surface area contributed by atoms with Crippen molar-refractivity contribution < 1.29 is 4.42 Å². The van der Waals surface area contributed by atoms with Crippen molar-refractivity contribution >= 4 is 15.9 Å². The number of benzene rings is 1. The highest BCUT2D eigenvalue weighted by atomic mass is 79.9.